The average Bonchev–Trinajstić information content (AvgIpc) is 3.33. The van der Waals surface area contributed by atoms with E-state index in [-0.39, 0.29) is 18.9 Å². The van der Waals surface area contributed by atoms with E-state index in [1.54, 1.807) is 6.33 Å². The molecule has 1 aliphatic carbocycles. The van der Waals surface area contributed by atoms with Gasteiger partial charge in [0.15, 0.2) is 5.67 Å². The number of aromatic nitrogens is 4. The van der Waals surface area contributed by atoms with E-state index >= 15 is 0 Å². The lowest BCUT2D eigenvalue weighted by molar-refractivity contribution is -0.131. The summed E-state index contributed by atoms with van der Waals surface area (Å²) in [5, 5.41) is 9.97. The number of hydrogen-bond acceptors (Lipinski definition) is 7. The molecule has 2 N–H and O–H groups in total. The van der Waals surface area contributed by atoms with Gasteiger partial charge in [0.25, 0.3) is 5.91 Å². The minimum atomic E-state index is -1.92. The normalized spacial score (nSPS) is 20.9. The molecule has 0 spiro atoms. The minimum Gasteiger partial charge on any atom is -0.374 e. The molecule has 2 saturated heterocycles. The maximum absolute atomic E-state index is 14.8. The Balaban J connectivity index is 1.12. The Labute approximate surface area is 261 Å². The van der Waals surface area contributed by atoms with Gasteiger partial charge in [-0.15, -0.1) is 0 Å². The van der Waals surface area contributed by atoms with Gasteiger partial charge < -0.3 is 20.3 Å². The van der Waals surface area contributed by atoms with Crippen molar-refractivity contribution in [2.45, 2.75) is 62.9 Å². The first-order valence-electron chi connectivity index (χ1n) is 15.4. The molecule has 4 heterocycles. The Morgan fingerprint density at radius 2 is 1.89 bits per heavy atom. The second kappa shape index (κ2) is 11.4. The van der Waals surface area contributed by atoms with E-state index in [4.69, 9.17) is 4.74 Å². The van der Waals surface area contributed by atoms with Gasteiger partial charge in [-0.3, -0.25) is 14.3 Å². The number of hydrogen-bond donors (Lipinski definition) is 2. The zero-order chi connectivity index (χ0) is 31.3. The number of nitrogens with zero attached hydrogens (tertiary/aromatic N) is 5. The molecule has 1 saturated carbocycles. The number of amides is 2. The highest BCUT2D eigenvalue weighted by Gasteiger charge is 2.52. The van der Waals surface area contributed by atoms with Gasteiger partial charge >= 0.3 is 0 Å². The second-order valence-corrected chi connectivity index (χ2v) is 12.5. The van der Waals surface area contributed by atoms with E-state index in [0.29, 0.717) is 18.3 Å². The quantitative estimate of drug-likeness (QED) is 0.286. The van der Waals surface area contributed by atoms with Crippen molar-refractivity contribution in [1.82, 2.24) is 25.1 Å². The number of alkyl halides is 1. The third-order valence-electron chi connectivity index (χ3n) is 9.27. The summed E-state index contributed by atoms with van der Waals surface area (Å²) in [7, 11) is 1.88. The number of benzene rings is 2. The summed E-state index contributed by atoms with van der Waals surface area (Å²) in [5.74, 6) is -0.788. The lowest BCUT2D eigenvalue weighted by Crippen LogP contribution is -2.50. The summed E-state index contributed by atoms with van der Waals surface area (Å²) in [6.45, 7) is 5.38. The van der Waals surface area contributed by atoms with Crippen LogP contribution in [0.2, 0.25) is 0 Å². The van der Waals surface area contributed by atoms with Gasteiger partial charge in [-0.25, -0.2) is 14.4 Å². The molecule has 2 amide bonds. The number of halogens is 1. The zero-order valence-electron chi connectivity index (χ0n) is 25.5. The van der Waals surface area contributed by atoms with Crippen LogP contribution in [0.25, 0.3) is 22.5 Å². The number of morpholine rings is 1. The smallest absolute Gasteiger partial charge is 0.258 e. The van der Waals surface area contributed by atoms with Crippen molar-refractivity contribution in [3.8, 4) is 22.5 Å². The molecule has 2 bridgehead atoms. The lowest BCUT2D eigenvalue weighted by Gasteiger charge is -2.28. The fourth-order valence-electron chi connectivity index (χ4n) is 6.43. The molecule has 2 aromatic heterocycles. The Hall–Kier alpha value is -4.64. The first kappa shape index (κ1) is 29.1. The Morgan fingerprint density at radius 1 is 1.09 bits per heavy atom. The Morgan fingerprint density at radius 3 is 2.56 bits per heavy atom. The molecular weight excluding hydrogens is 573 g/mol. The van der Waals surface area contributed by atoms with E-state index in [9.17, 15) is 14.0 Å². The number of fused-ring (bicyclic) bond motifs is 2. The van der Waals surface area contributed by atoms with Crippen molar-refractivity contribution in [3.63, 3.8) is 0 Å². The van der Waals surface area contributed by atoms with Crippen LogP contribution >= 0.6 is 0 Å². The Kier molecular flexibility index (Phi) is 7.35. The third kappa shape index (κ3) is 5.68. The van der Waals surface area contributed by atoms with Crippen LogP contribution in [0.4, 0.5) is 15.9 Å². The van der Waals surface area contributed by atoms with Crippen LogP contribution < -0.4 is 15.5 Å². The van der Waals surface area contributed by atoms with Gasteiger partial charge in [0, 0.05) is 42.4 Å². The van der Waals surface area contributed by atoms with E-state index in [2.05, 4.69) is 30.6 Å². The van der Waals surface area contributed by atoms with Crippen LogP contribution in [0.15, 0.2) is 67.1 Å². The molecule has 7 rings (SSSR count). The molecule has 0 unspecified atom stereocenters. The summed E-state index contributed by atoms with van der Waals surface area (Å²) >= 11 is 0. The molecule has 3 aliphatic rings. The van der Waals surface area contributed by atoms with E-state index in [1.807, 2.05) is 86.4 Å². The SMILES string of the molecule is Cc1cnn(C)c1-c1ccc(NC(=O)[C@@H](NC(=O)C2(F)CC2)[C@H](C)c2cccc(-c3cc(N4C[C@@H]5C[C@H]4CO5)ncn3)c2)cc1. The highest BCUT2D eigenvalue weighted by Crippen LogP contribution is 2.40. The highest BCUT2D eigenvalue weighted by molar-refractivity contribution is 5.99. The molecule has 10 nitrogen and oxygen atoms in total. The van der Waals surface area contributed by atoms with Crippen LogP contribution in [0.1, 0.15) is 43.2 Å². The van der Waals surface area contributed by atoms with Crippen molar-refractivity contribution in [3.05, 3.63) is 78.2 Å². The van der Waals surface area contributed by atoms with Crippen LogP contribution in [-0.4, -0.2) is 68.6 Å². The third-order valence-corrected chi connectivity index (χ3v) is 9.27. The monoisotopic (exact) mass is 609 g/mol. The number of anilines is 2. The molecule has 232 valence electrons. The number of rotatable bonds is 9. The molecule has 4 aromatic rings. The van der Waals surface area contributed by atoms with Gasteiger partial charge in [-0.2, -0.15) is 5.10 Å². The van der Waals surface area contributed by atoms with Gasteiger partial charge in [-0.1, -0.05) is 37.3 Å². The molecule has 45 heavy (non-hydrogen) atoms. The molecule has 4 atom stereocenters. The van der Waals surface area contributed by atoms with E-state index in [1.165, 1.54) is 0 Å². The van der Waals surface area contributed by atoms with Gasteiger partial charge in [0.2, 0.25) is 5.91 Å². The number of ether oxygens (including phenoxy) is 1. The number of carbonyl (C=O) groups excluding carboxylic acids is 2. The van der Waals surface area contributed by atoms with Crippen LogP contribution in [0, 0.1) is 6.92 Å². The molecule has 11 heteroatoms. The van der Waals surface area contributed by atoms with Crippen LogP contribution in [0.5, 0.6) is 0 Å². The standard InChI is InChI=1S/C34H36FN7O3/c1-20-16-38-41(3)31(20)22-7-9-25(10-8-22)39-32(43)30(40-33(44)34(35)11-12-34)21(2)23-5-4-6-24(13-23)28-15-29(37-19-36-28)42-17-27-14-26(42)18-45-27/h4-10,13,15-16,19,21,26-27,30H,11-12,14,17-18H2,1-3H3,(H,39,43)(H,40,44)/t21-,26+,27+,30+/m1/s1. The first-order chi connectivity index (χ1) is 21.7. The molecule has 3 fully saturated rings. The number of nitrogens with one attached hydrogen (secondary N) is 2. The lowest BCUT2D eigenvalue weighted by atomic mass is 9.90. The predicted octanol–water partition coefficient (Wildman–Crippen LogP) is 4.56. The maximum atomic E-state index is 14.8. The molecular formula is C34H36FN7O3. The van der Waals surface area contributed by atoms with Crippen molar-refractivity contribution < 1.29 is 18.7 Å². The van der Waals surface area contributed by atoms with Crippen molar-refractivity contribution in [1.29, 1.82) is 0 Å². The predicted molar refractivity (Wildman–Crippen MR) is 168 cm³/mol. The summed E-state index contributed by atoms with van der Waals surface area (Å²) in [6.07, 6.45) is 4.96. The average molecular weight is 610 g/mol. The van der Waals surface area contributed by atoms with Crippen molar-refractivity contribution >= 4 is 23.3 Å². The fraction of sp³-hybridized carbons (Fsp3) is 0.382. The second-order valence-electron chi connectivity index (χ2n) is 12.5. The van der Waals surface area contributed by atoms with Crippen molar-refractivity contribution in [2.24, 2.45) is 7.05 Å². The van der Waals surface area contributed by atoms with Crippen molar-refractivity contribution in [2.75, 3.05) is 23.4 Å². The number of carbonyl (C=O) groups is 2. The topological polar surface area (TPSA) is 114 Å². The summed E-state index contributed by atoms with van der Waals surface area (Å²) < 4.78 is 22.3. The summed E-state index contributed by atoms with van der Waals surface area (Å²) in [6, 6.07) is 16.5. The summed E-state index contributed by atoms with van der Waals surface area (Å²) in [5.41, 5.74) is 4.08. The first-order valence-corrected chi connectivity index (χ1v) is 15.4. The molecule has 2 aromatic carbocycles. The highest BCUT2D eigenvalue weighted by atomic mass is 19.1. The van der Waals surface area contributed by atoms with E-state index < -0.39 is 29.4 Å². The van der Waals surface area contributed by atoms with Gasteiger partial charge in [0.1, 0.15) is 18.2 Å². The van der Waals surface area contributed by atoms with Crippen LogP contribution in [-0.2, 0) is 21.4 Å². The maximum Gasteiger partial charge on any atom is 0.258 e. The molecule has 0 radical (unpaired) electrons. The van der Waals surface area contributed by atoms with Gasteiger partial charge in [0.05, 0.1) is 36.3 Å². The van der Waals surface area contributed by atoms with E-state index in [0.717, 1.165) is 52.4 Å². The number of aryl methyl sites for hydroxylation is 2. The Bertz CT molecular complexity index is 1730. The zero-order valence-corrected chi connectivity index (χ0v) is 25.5. The molecule has 2 aliphatic heterocycles. The largest absolute Gasteiger partial charge is 0.374 e. The summed E-state index contributed by atoms with van der Waals surface area (Å²) in [4.78, 5) is 37.9. The van der Waals surface area contributed by atoms with Crippen LogP contribution in [0.3, 0.4) is 0 Å². The minimum absolute atomic E-state index is 0.159. The van der Waals surface area contributed by atoms with Gasteiger partial charge in [-0.05, 0) is 55.5 Å². The fourth-order valence-corrected chi connectivity index (χ4v) is 6.43.